The molecule has 3 nitrogen and oxygen atoms in total. The molecule has 0 aliphatic rings. The van der Waals surface area contributed by atoms with Crippen molar-refractivity contribution in [3.8, 4) is 0 Å². The second-order valence-corrected chi connectivity index (χ2v) is 7.77. The van der Waals surface area contributed by atoms with Gasteiger partial charge in [0.2, 0.25) is 0 Å². The van der Waals surface area contributed by atoms with Crippen LogP contribution in [0.2, 0.25) is 0 Å². The molecule has 0 amide bonds. The molecule has 0 unspecified atom stereocenters. The first-order valence-electron chi connectivity index (χ1n) is 8.11. The van der Waals surface area contributed by atoms with Crippen molar-refractivity contribution in [1.82, 2.24) is 5.32 Å². The van der Waals surface area contributed by atoms with E-state index >= 15 is 0 Å². The molecular formula is C17H37NO2. The minimum atomic E-state index is 0.209. The summed E-state index contributed by atoms with van der Waals surface area (Å²) in [4.78, 5) is 0. The van der Waals surface area contributed by atoms with E-state index < -0.39 is 0 Å². The summed E-state index contributed by atoms with van der Waals surface area (Å²) in [5.74, 6) is 0. The van der Waals surface area contributed by atoms with Gasteiger partial charge in [0, 0.05) is 32.0 Å². The molecular weight excluding hydrogens is 250 g/mol. The first-order valence-corrected chi connectivity index (χ1v) is 8.11. The molecule has 0 aromatic carbocycles. The third-order valence-corrected chi connectivity index (χ3v) is 2.91. The number of hydrogen-bond acceptors (Lipinski definition) is 3. The Morgan fingerprint density at radius 3 is 1.70 bits per heavy atom. The van der Waals surface area contributed by atoms with Gasteiger partial charge in [-0.3, -0.25) is 0 Å². The summed E-state index contributed by atoms with van der Waals surface area (Å²) in [6, 6.07) is 0. The normalized spacial score (nSPS) is 12.9. The highest BCUT2D eigenvalue weighted by Crippen LogP contribution is 2.20. The molecule has 1 N–H and O–H groups in total. The molecule has 0 fully saturated rings. The second-order valence-electron chi connectivity index (χ2n) is 7.77. The van der Waals surface area contributed by atoms with E-state index in [1.54, 1.807) is 0 Å². The van der Waals surface area contributed by atoms with Gasteiger partial charge in [-0.05, 0) is 58.4 Å². The van der Waals surface area contributed by atoms with Crippen LogP contribution in [0.1, 0.15) is 67.2 Å². The summed E-state index contributed by atoms with van der Waals surface area (Å²) in [5.41, 5.74) is 0.633. The van der Waals surface area contributed by atoms with E-state index in [1.165, 1.54) is 6.42 Å². The highest BCUT2D eigenvalue weighted by Gasteiger charge is 2.08. The van der Waals surface area contributed by atoms with Gasteiger partial charge in [0.1, 0.15) is 0 Å². The molecule has 0 bridgehead atoms. The van der Waals surface area contributed by atoms with Gasteiger partial charge < -0.3 is 14.8 Å². The fraction of sp³-hybridized carbons (Fsp3) is 1.00. The molecule has 0 spiro atoms. The zero-order valence-corrected chi connectivity index (χ0v) is 14.7. The van der Waals surface area contributed by atoms with Crippen molar-refractivity contribution in [2.45, 2.75) is 72.8 Å². The topological polar surface area (TPSA) is 30.5 Å². The predicted octanol–water partition coefficient (Wildman–Crippen LogP) is 4.01. The van der Waals surface area contributed by atoms with Crippen molar-refractivity contribution in [2.75, 3.05) is 33.0 Å². The maximum atomic E-state index is 5.61. The first kappa shape index (κ1) is 19.9. The average molecular weight is 287 g/mol. The lowest BCUT2D eigenvalue weighted by molar-refractivity contribution is 0.0772. The van der Waals surface area contributed by atoms with Crippen LogP contribution in [0.25, 0.3) is 0 Å². The second kappa shape index (κ2) is 10.6. The van der Waals surface area contributed by atoms with E-state index in [2.05, 4.69) is 46.9 Å². The van der Waals surface area contributed by atoms with E-state index in [-0.39, 0.29) is 5.54 Å². The Labute approximate surface area is 126 Å². The number of ether oxygens (including phenoxy) is 2. The lowest BCUT2D eigenvalue weighted by Crippen LogP contribution is -2.36. The molecule has 0 aromatic heterocycles. The highest BCUT2D eigenvalue weighted by molar-refractivity contribution is 4.69. The van der Waals surface area contributed by atoms with Crippen LogP contribution in [0.3, 0.4) is 0 Å². The van der Waals surface area contributed by atoms with Crippen LogP contribution >= 0.6 is 0 Å². The Balaban J connectivity index is 3.10. The zero-order chi connectivity index (χ0) is 15.5. The number of nitrogens with one attached hydrogen (secondary N) is 1. The maximum absolute atomic E-state index is 5.61. The van der Waals surface area contributed by atoms with Crippen LogP contribution in [0, 0.1) is 5.41 Å². The van der Waals surface area contributed by atoms with E-state index in [4.69, 9.17) is 9.47 Å². The highest BCUT2D eigenvalue weighted by atomic mass is 16.5. The van der Waals surface area contributed by atoms with Crippen LogP contribution in [-0.2, 0) is 9.47 Å². The number of hydrogen-bond donors (Lipinski definition) is 1. The summed E-state index contributed by atoms with van der Waals surface area (Å²) in [5, 5.41) is 3.45. The van der Waals surface area contributed by atoms with Crippen LogP contribution in [-0.4, -0.2) is 38.5 Å². The summed E-state index contributed by atoms with van der Waals surface area (Å²) >= 11 is 0. The first-order chi connectivity index (χ1) is 9.21. The quantitative estimate of drug-likeness (QED) is 0.582. The minimum absolute atomic E-state index is 0.209. The molecule has 0 aromatic rings. The average Bonchev–Trinajstić information content (AvgIpc) is 2.27. The van der Waals surface area contributed by atoms with Crippen molar-refractivity contribution in [2.24, 2.45) is 5.41 Å². The lowest BCUT2D eigenvalue weighted by atomic mass is 9.91. The van der Waals surface area contributed by atoms with Gasteiger partial charge in [0.15, 0.2) is 0 Å². The van der Waals surface area contributed by atoms with Crippen molar-refractivity contribution in [3.05, 3.63) is 0 Å². The van der Waals surface area contributed by atoms with Crippen LogP contribution in [0.15, 0.2) is 0 Å². The maximum Gasteiger partial charge on any atom is 0.0487 e. The Bertz CT molecular complexity index is 192. The molecule has 0 rings (SSSR count). The molecule has 0 saturated heterocycles. The van der Waals surface area contributed by atoms with E-state index in [0.717, 1.165) is 52.2 Å². The molecule has 0 saturated carbocycles. The van der Waals surface area contributed by atoms with Gasteiger partial charge in [-0.15, -0.1) is 0 Å². The van der Waals surface area contributed by atoms with Gasteiger partial charge in [-0.25, -0.2) is 0 Å². The molecule has 0 radical (unpaired) electrons. The molecule has 0 aliphatic heterocycles. The molecule has 0 aliphatic carbocycles. The van der Waals surface area contributed by atoms with Gasteiger partial charge in [-0.2, -0.15) is 0 Å². The third-order valence-electron chi connectivity index (χ3n) is 2.91. The summed E-state index contributed by atoms with van der Waals surface area (Å²) < 4.78 is 11.2. The van der Waals surface area contributed by atoms with Crippen molar-refractivity contribution >= 4 is 0 Å². The monoisotopic (exact) mass is 287 g/mol. The van der Waals surface area contributed by atoms with Crippen molar-refractivity contribution in [3.63, 3.8) is 0 Å². The van der Waals surface area contributed by atoms with Crippen molar-refractivity contribution in [1.29, 1.82) is 0 Å². The van der Waals surface area contributed by atoms with Gasteiger partial charge in [0.25, 0.3) is 0 Å². The smallest absolute Gasteiger partial charge is 0.0487 e. The molecule has 3 heteroatoms. The van der Waals surface area contributed by atoms with E-state index in [1.807, 2.05) is 0 Å². The fourth-order valence-corrected chi connectivity index (χ4v) is 1.81. The van der Waals surface area contributed by atoms with Crippen LogP contribution < -0.4 is 5.32 Å². The van der Waals surface area contributed by atoms with Gasteiger partial charge in [-0.1, -0.05) is 20.8 Å². The largest absolute Gasteiger partial charge is 0.381 e. The zero-order valence-electron chi connectivity index (χ0n) is 14.7. The minimum Gasteiger partial charge on any atom is -0.381 e. The summed E-state index contributed by atoms with van der Waals surface area (Å²) in [6.07, 6.45) is 4.46. The van der Waals surface area contributed by atoms with Crippen molar-refractivity contribution < 1.29 is 9.47 Å². The Hall–Kier alpha value is -0.120. The Morgan fingerprint density at radius 2 is 1.20 bits per heavy atom. The Morgan fingerprint density at radius 1 is 0.700 bits per heavy atom. The van der Waals surface area contributed by atoms with Crippen LogP contribution in [0.5, 0.6) is 0 Å². The molecule has 20 heavy (non-hydrogen) atoms. The SMILES string of the molecule is CC(C)(C)CCCOCCCOCCCNC(C)(C)C. The fourth-order valence-electron chi connectivity index (χ4n) is 1.81. The summed E-state index contributed by atoms with van der Waals surface area (Å²) in [7, 11) is 0. The van der Waals surface area contributed by atoms with Gasteiger partial charge >= 0.3 is 0 Å². The van der Waals surface area contributed by atoms with E-state index in [9.17, 15) is 0 Å². The van der Waals surface area contributed by atoms with Crippen LogP contribution in [0.4, 0.5) is 0 Å². The lowest BCUT2D eigenvalue weighted by Gasteiger charge is -2.20. The van der Waals surface area contributed by atoms with E-state index in [0.29, 0.717) is 5.41 Å². The van der Waals surface area contributed by atoms with Gasteiger partial charge in [0.05, 0.1) is 0 Å². The number of rotatable bonds is 11. The summed E-state index contributed by atoms with van der Waals surface area (Å²) in [6.45, 7) is 17.8. The standard InChI is InChI=1S/C17H37NO2/c1-16(2,3)10-7-12-19-14-9-15-20-13-8-11-18-17(4,5)6/h18H,7-15H2,1-6H3. The molecule has 0 atom stereocenters. The third kappa shape index (κ3) is 17.9. The molecule has 122 valence electrons. The molecule has 0 heterocycles. The predicted molar refractivity (Wildman–Crippen MR) is 87.3 cm³/mol. The Kier molecular flexibility index (Phi) is 10.5.